The highest BCUT2D eigenvalue weighted by molar-refractivity contribution is 7.74. The third kappa shape index (κ3) is 7.75. The molecule has 1 aromatic heterocycles. The number of carbonyl (C=O) groups excluding carboxylic acids is 2. The lowest BCUT2D eigenvalue weighted by Gasteiger charge is -2.50. The minimum absolute atomic E-state index is 0. The summed E-state index contributed by atoms with van der Waals surface area (Å²) in [6.45, 7) is 6.35. The number of rotatable bonds is 11. The topological polar surface area (TPSA) is 267 Å². The number of nitrogens with one attached hydrogen (secondary N) is 1. The first-order valence-electron chi connectivity index (χ1n) is 15.5. The van der Waals surface area contributed by atoms with Crippen molar-refractivity contribution in [1.82, 2.24) is 15.4 Å². The van der Waals surface area contributed by atoms with Gasteiger partial charge in [-0.15, -0.1) is 15.6 Å². The number of aryl methyl sites for hydroxylation is 1. The number of nitrogen functional groups attached to an aromatic ring is 1. The van der Waals surface area contributed by atoms with Gasteiger partial charge in [0.1, 0.15) is 23.3 Å². The highest BCUT2D eigenvalue weighted by Crippen LogP contribution is 2.36. The highest BCUT2D eigenvalue weighted by Gasteiger charge is 2.57. The molecule has 3 heterocycles. The lowest BCUT2D eigenvalue weighted by Crippen LogP contribution is -2.76. The van der Waals surface area contributed by atoms with Gasteiger partial charge in [0.05, 0.1) is 11.1 Å². The number of aliphatic imine (C=N–C) groups is 1. The van der Waals surface area contributed by atoms with Gasteiger partial charge in [-0.25, -0.2) is 9.78 Å². The van der Waals surface area contributed by atoms with Gasteiger partial charge in [0.25, 0.3) is 17.4 Å². The quantitative estimate of drug-likeness (QED) is 0.0633. The first-order valence-corrected chi connectivity index (χ1v) is 17.4. The van der Waals surface area contributed by atoms with Crippen LogP contribution >= 0.6 is 11.3 Å². The molecule has 1 aromatic carbocycles. The first-order chi connectivity index (χ1) is 22.9. The van der Waals surface area contributed by atoms with Crippen LogP contribution in [0.15, 0.2) is 33.7 Å². The number of amides is 2. The number of carbonyl (C=O) groups is 3. The van der Waals surface area contributed by atoms with Crippen LogP contribution in [0.3, 0.4) is 0 Å². The van der Waals surface area contributed by atoms with Crippen molar-refractivity contribution in [3.8, 4) is 5.75 Å². The van der Waals surface area contributed by atoms with E-state index in [-0.39, 0.29) is 36.3 Å². The van der Waals surface area contributed by atoms with E-state index in [1.807, 2.05) is 6.07 Å². The van der Waals surface area contributed by atoms with Crippen LogP contribution in [-0.2, 0) is 41.3 Å². The molecule has 3 aliphatic rings. The largest absolute Gasteiger partial charge is 0.485 e. The third-order valence-electron chi connectivity index (χ3n) is 9.24. The van der Waals surface area contributed by atoms with E-state index >= 15 is 0 Å². The van der Waals surface area contributed by atoms with Crippen molar-refractivity contribution in [3.05, 3.63) is 40.4 Å². The number of oxime groups is 1. The summed E-state index contributed by atoms with van der Waals surface area (Å²) >= 11 is -1.77. The molecule has 4 unspecified atom stereocenters. The molecule has 17 nitrogen and oxygen atoms in total. The number of carboxylic acid groups (broad SMARTS) is 1. The zero-order chi connectivity index (χ0) is 35.9. The van der Waals surface area contributed by atoms with Crippen molar-refractivity contribution in [2.45, 2.75) is 109 Å². The molecule has 2 amide bonds. The second-order valence-corrected chi connectivity index (χ2v) is 14.8. The van der Waals surface area contributed by atoms with Crippen molar-refractivity contribution >= 4 is 57.2 Å². The Morgan fingerprint density at radius 3 is 2.50 bits per heavy atom. The molecular formula is C31H44N8O9S2. The third-order valence-corrected chi connectivity index (χ3v) is 10.2. The van der Waals surface area contributed by atoms with Gasteiger partial charge in [0, 0.05) is 17.0 Å². The Labute approximate surface area is 296 Å². The standard InChI is InChI=1S/C30H40N8O9S2.CH4/c1-28(2)22(25(40)38(28)47-49(43)44)35-24(39)21(18-14-48-27(33)34-18)37-46-30(4,26(41)42)20-8-6-15-13-16(5-7-19(15)45-20)23(32)36-29(3)11-9-17(31)10-12-29;/h5,7,13-14,17,20,22H,6,8-12,31H2,1-4H3,(H2,32,36)(H2,33,34)(H,35,39)(H,41,42)(H,43,44);1H4/b37-21-;. The number of nitrogens with two attached hydrogens (primary N) is 3. The van der Waals surface area contributed by atoms with Crippen molar-refractivity contribution < 1.29 is 42.1 Å². The van der Waals surface area contributed by atoms with Crippen molar-refractivity contribution in [2.24, 2.45) is 21.6 Å². The Morgan fingerprint density at radius 2 is 1.92 bits per heavy atom. The molecule has 19 heteroatoms. The van der Waals surface area contributed by atoms with Crippen LogP contribution in [0.1, 0.15) is 84.0 Å². The predicted octanol–water partition coefficient (Wildman–Crippen LogP) is 1.86. The summed E-state index contributed by atoms with van der Waals surface area (Å²) in [6, 6.07) is 4.33. The number of carboxylic acids is 1. The van der Waals surface area contributed by atoms with Gasteiger partial charge in [0.15, 0.2) is 16.9 Å². The molecule has 50 heavy (non-hydrogen) atoms. The van der Waals surface area contributed by atoms with Gasteiger partial charge in [-0.05, 0) is 90.0 Å². The number of nitrogens with zero attached hydrogens (tertiary/aromatic N) is 4. The summed E-state index contributed by atoms with van der Waals surface area (Å²) in [7, 11) is 0. The maximum Gasteiger partial charge on any atom is 0.354 e. The molecular weight excluding hydrogens is 693 g/mol. The van der Waals surface area contributed by atoms with Crippen LogP contribution < -0.4 is 27.3 Å². The number of aromatic nitrogens is 1. The Bertz CT molecular complexity index is 1720. The Morgan fingerprint density at radius 1 is 1.24 bits per heavy atom. The summed E-state index contributed by atoms with van der Waals surface area (Å²) < 4.78 is 30.9. The molecule has 5 rings (SSSR count). The van der Waals surface area contributed by atoms with Gasteiger partial charge in [0.2, 0.25) is 0 Å². The number of amidine groups is 1. The minimum Gasteiger partial charge on any atom is -0.485 e. The maximum atomic E-state index is 13.5. The molecule has 0 radical (unpaired) electrons. The summed E-state index contributed by atoms with van der Waals surface area (Å²) in [5, 5.41) is 18.9. The van der Waals surface area contributed by atoms with Gasteiger partial charge in [-0.3, -0.25) is 19.1 Å². The fourth-order valence-corrected chi connectivity index (χ4v) is 6.97. The zero-order valence-corrected chi connectivity index (χ0v) is 29.0. The number of aliphatic carboxylic acids is 1. The van der Waals surface area contributed by atoms with Gasteiger partial charge in [-0.1, -0.05) is 12.6 Å². The molecule has 2 fully saturated rings. The molecule has 1 saturated carbocycles. The number of thiazole rings is 1. The lowest BCUT2D eigenvalue weighted by molar-refractivity contribution is -0.216. The van der Waals surface area contributed by atoms with Crippen LogP contribution in [-0.4, -0.2) is 88.1 Å². The van der Waals surface area contributed by atoms with E-state index in [0.29, 0.717) is 23.1 Å². The number of ether oxygens (including phenoxy) is 1. The highest BCUT2D eigenvalue weighted by atomic mass is 32.2. The van der Waals surface area contributed by atoms with E-state index in [1.54, 1.807) is 12.1 Å². The molecule has 1 aliphatic carbocycles. The average Bonchev–Trinajstić information content (AvgIpc) is 3.48. The van der Waals surface area contributed by atoms with Crippen LogP contribution in [0.25, 0.3) is 0 Å². The van der Waals surface area contributed by atoms with E-state index in [4.69, 9.17) is 36.3 Å². The molecule has 274 valence electrons. The van der Waals surface area contributed by atoms with E-state index < -0.39 is 58.1 Å². The number of hydroxylamine groups is 2. The second kappa shape index (κ2) is 14.6. The van der Waals surface area contributed by atoms with E-state index in [1.165, 1.54) is 26.2 Å². The molecule has 0 bridgehead atoms. The summed E-state index contributed by atoms with van der Waals surface area (Å²) in [5.74, 6) is -2.31. The Hall–Kier alpha value is -4.17. The van der Waals surface area contributed by atoms with Crippen molar-refractivity contribution in [3.63, 3.8) is 0 Å². The van der Waals surface area contributed by atoms with E-state index in [9.17, 15) is 23.7 Å². The number of hydrogen-bond donors (Lipinski definition) is 6. The van der Waals surface area contributed by atoms with Gasteiger partial charge >= 0.3 is 17.3 Å². The molecule has 2 aromatic rings. The van der Waals surface area contributed by atoms with Gasteiger partial charge in [-0.2, -0.15) is 9.27 Å². The molecule has 1 saturated heterocycles. The number of anilines is 1. The second-order valence-electron chi connectivity index (χ2n) is 13.3. The van der Waals surface area contributed by atoms with Crippen LogP contribution in [0.5, 0.6) is 5.75 Å². The smallest absolute Gasteiger partial charge is 0.354 e. The molecule has 2 aliphatic heterocycles. The lowest BCUT2D eigenvalue weighted by atomic mass is 9.81. The Kier molecular flexibility index (Phi) is 11.3. The maximum absolute atomic E-state index is 13.5. The average molecular weight is 737 g/mol. The monoisotopic (exact) mass is 736 g/mol. The van der Waals surface area contributed by atoms with E-state index in [2.05, 4.69) is 26.7 Å². The van der Waals surface area contributed by atoms with E-state index in [0.717, 1.165) is 48.1 Å². The van der Waals surface area contributed by atoms with Crippen LogP contribution in [0.2, 0.25) is 0 Å². The van der Waals surface area contributed by atoms with Crippen molar-refractivity contribution in [2.75, 3.05) is 5.73 Å². The summed E-state index contributed by atoms with van der Waals surface area (Å²) in [6.07, 6.45) is 3.07. The molecule has 4 atom stereocenters. The number of benzene rings is 1. The fourth-order valence-electron chi connectivity index (χ4n) is 6.03. The first kappa shape index (κ1) is 38.6. The van der Waals surface area contributed by atoms with Gasteiger partial charge < -0.3 is 37.2 Å². The molecule has 9 N–H and O–H groups in total. The van der Waals surface area contributed by atoms with Crippen LogP contribution in [0.4, 0.5) is 5.13 Å². The molecule has 0 spiro atoms. The summed E-state index contributed by atoms with van der Waals surface area (Å²) in [5.41, 5.74) is 15.7. The Balaban J connectivity index is 0.00000562. The SMILES string of the molecule is C.CC1(N=C(N)c2ccc3c(c2)CCC(C(C)(O/N=C(\C(=O)NC2C(=O)N(OS(=O)O)C2(C)C)c2csc(N)n2)C(=O)O)O3)CCC(N)CC1. The predicted molar refractivity (Wildman–Crippen MR) is 186 cm³/mol. The number of β-lactam (4-membered cyclic amide) rings is 1. The zero-order valence-electron chi connectivity index (χ0n) is 27.4. The normalized spacial score (nSPS) is 26.6. The minimum atomic E-state index is -2.77. The summed E-state index contributed by atoms with van der Waals surface area (Å²) in [4.78, 5) is 53.3. The number of hydrogen-bond acceptors (Lipinski definition) is 13. The van der Waals surface area contributed by atoms with Crippen molar-refractivity contribution in [1.29, 1.82) is 0 Å². The number of fused-ring (bicyclic) bond motifs is 1. The van der Waals surface area contributed by atoms with Crippen LogP contribution in [0, 0.1) is 0 Å². The fraction of sp³-hybridized carbons (Fsp3) is 0.548.